The lowest BCUT2D eigenvalue weighted by atomic mass is 9.73. The first-order chi connectivity index (χ1) is 9.88. The van der Waals surface area contributed by atoms with E-state index in [0.29, 0.717) is 0 Å². The predicted molar refractivity (Wildman–Crippen MR) is 88.4 cm³/mol. The minimum absolute atomic E-state index is 0.0496. The molecule has 0 radical (unpaired) electrons. The molecule has 2 unspecified atom stereocenters. The number of ether oxygens (including phenoxy) is 1. The molecule has 1 heterocycles. The van der Waals surface area contributed by atoms with Crippen LogP contribution >= 0.6 is 0 Å². The molecular formula is C19H28O2. The van der Waals surface area contributed by atoms with E-state index in [-0.39, 0.29) is 23.7 Å². The van der Waals surface area contributed by atoms with Crippen molar-refractivity contribution < 1.29 is 9.84 Å². The van der Waals surface area contributed by atoms with Gasteiger partial charge in [-0.2, -0.15) is 0 Å². The van der Waals surface area contributed by atoms with Crippen LogP contribution in [0.4, 0.5) is 0 Å². The number of epoxide rings is 1. The summed E-state index contributed by atoms with van der Waals surface area (Å²) in [4.78, 5) is 0. The molecule has 1 aliphatic carbocycles. The molecule has 2 aliphatic rings. The Balaban J connectivity index is 0.000000774. The fraction of sp³-hybridized carbons (Fsp3) is 0.579. The SMILES string of the molecule is CC.CC1=CCC(C)(C)c2ccc(C3(C)OC3CO)cc21. The average Bonchev–Trinajstić information content (AvgIpc) is 3.18. The van der Waals surface area contributed by atoms with E-state index < -0.39 is 0 Å². The van der Waals surface area contributed by atoms with Crippen LogP contribution in [-0.4, -0.2) is 17.8 Å². The normalized spacial score (nSPS) is 28.9. The summed E-state index contributed by atoms with van der Waals surface area (Å²) in [6.45, 7) is 12.9. The highest BCUT2D eigenvalue weighted by Crippen LogP contribution is 2.48. The lowest BCUT2D eigenvalue weighted by Crippen LogP contribution is -2.22. The smallest absolute Gasteiger partial charge is 0.119 e. The molecule has 2 nitrogen and oxygen atoms in total. The van der Waals surface area contributed by atoms with Crippen LogP contribution < -0.4 is 0 Å². The van der Waals surface area contributed by atoms with Gasteiger partial charge in [-0.05, 0) is 54.0 Å². The maximum atomic E-state index is 9.24. The summed E-state index contributed by atoms with van der Waals surface area (Å²) in [5.74, 6) is 0. The van der Waals surface area contributed by atoms with Gasteiger partial charge in [-0.15, -0.1) is 0 Å². The van der Waals surface area contributed by atoms with Gasteiger partial charge in [-0.25, -0.2) is 0 Å². The monoisotopic (exact) mass is 288 g/mol. The highest BCUT2D eigenvalue weighted by Gasteiger charge is 2.53. The zero-order valence-electron chi connectivity index (χ0n) is 14.2. The summed E-state index contributed by atoms with van der Waals surface area (Å²) in [7, 11) is 0. The summed E-state index contributed by atoms with van der Waals surface area (Å²) in [5.41, 5.74) is 5.18. The zero-order valence-corrected chi connectivity index (χ0v) is 14.2. The lowest BCUT2D eigenvalue weighted by molar-refractivity contribution is 0.237. The van der Waals surface area contributed by atoms with E-state index in [1.165, 1.54) is 22.3 Å². The van der Waals surface area contributed by atoms with E-state index in [1.807, 2.05) is 13.8 Å². The van der Waals surface area contributed by atoms with Crippen LogP contribution in [0.15, 0.2) is 24.3 Å². The molecule has 1 aromatic carbocycles. The first-order valence-corrected chi connectivity index (χ1v) is 7.99. The molecule has 1 aromatic rings. The van der Waals surface area contributed by atoms with Crippen molar-refractivity contribution in [3.8, 4) is 0 Å². The fourth-order valence-electron chi connectivity index (χ4n) is 3.12. The molecule has 1 N–H and O–H groups in total. The Kier molecular flexibility index (Phi) is 4.32. The van der Waals surface area contributed by atoms with Crippen LogP contribution in [0.2, 0.25) is 0 Å². The third-order valence-corrected chi connectivity index (χ3v) is 4.78. The Hall–Kier alpha value is -1.12. The minimum atomic E-state index is -0.300. The maximum absolute atomic E-state index is 9.24. The Labute approximate surface area is 128 Å². The molecule has 1 saturated heterocycles. The van der Waals surface area contributed by atoms with E-state index in [2.05, 4.69) is 52.0 Å². The second-order valence-electron chi connectivity index (χ2n) is 6.63. The van der Waals surface area contributed by atoms with Gasteiger partial charge in [0.15, 0.2) is 0 Å². The number of hydrogen-bond donors (Lipinski definition) is 1. The van der Waals surface area contributed by atoms with E-state index in [1.54, 1.807) is 0 Å². The van der Waals surface area contributed by atoms with Crippen LogP contribution in [0.5, 0.6) is 0 Å². The Morgan fingerprint density at radius 1 is 1.24 bits per heavy atom. The number of aliphatic hydroxyl groups is 1. The van der Waals surface area contributed by atoms with E-state index in [4.69, 9.17) is 4.74 Å². The molecule has 0 spiro atoms. The van der Waals surface area contributed by atoms with Gasteiger partial charge >= 0.3 is 0 Å². The third-order valence-electron chi connectivity index (χ3n) is 4.78. The van der Waals surface area contributed by atoms with Gasteiger partial charge in [-0.1, -0.05) is 45.9 Å². The van der Waals surface area contributed by atoms with Crippen molar-refractivity contribution in [3.05, 3.63) is 41.0 Å². The van der Waals surface area contributed by atoms with Gasteiger partial charge in [0, 0.05) is 0 Å². The number of aliphatic hydroxyl groups excluding tert-OH is 1. The highest BCUT2D eigenvalue weighted by molar-refractivity contribution is 5.71. The van der Waals surface area contributed by atoms with E-state index in [0.717, 1.165) is 6.42 Å². The van der Waals surface area contributed by atoms with Crippen molar-refractivity contribution >= 4 is 5.57 Å². The van der Waals surface area contributed by atoms with Crippen molar-refractivity contribution in [1.82, 2.24) is 0 Å². The van der Waals surface area contributed by atoms with Gasteiger partial charge in [0.25, 0.3) is 0 Å². The lowest BCUT2D eigenvalue weighted by Gasteiger charge is -2.32. The zero-order chi connectivity index (χ0) is 15.8. The Morgan fingerprint density at radius 2 is 1.90 bits per heavy atom. The van der Waals surface area contributed by atoms with Crippen molar-refractivity contribution in [2.24, 2.45) is 0 Å². The van der Waals surface area contributed by atoms with Crippen molar-refractivity contribution in [2.75, 3.05) is 6.61 Å². The standard InChI is InChI=1S/C17H22O2.C2H6/c1-11-7-8-16(2,3)14-6-5-12(9-13(11)14)17(4)15(10-18)19-17;1-2/h5-7,9,15,18H,8,10H2,1-4H3;1-2H3. The molecule has 2 atom stereocenters. The topological polar surface area (TPSA) is 32.8 Å². The third kappa shape index (κ3) is 2.67. The molecular weight excluding hydrogens is 260 g/mol. The van der Waals surface area contributed by atoms with Gasteiger partial charge in [0.2, 0.25) is 0 Å². The molecule has 0 amide bonds. The van der Waals surface area contributed by atoms with E-state index >= 15 is 0 Å². The molecule has 116 valence electrons. The van der Waals surface area contributed by atoms with Crippen LogP contribution in [0.1, 0.15) is 64.7 Å². The summed E-state index contributed by atoms with van der Waals surface area (Å²) in [5, 5.41) is 9.24. The second kappa shape index (κ2) is 5.58. The number of rotatable bonds is 2. The molecule has 2 heteroatoms. The van der Waals surface area contributed by atoms with Crippen LogP contribution in [-0.2, 0) is 15.8 Å². The van der Waals surface area contributed by atoms with Crippen molar-refractivity contribution in [1.29, 1.82) is 0 Å². The molecule has 1 fully saturated rings. The van der Waals surface area contributed by atoms with Crippen molar-refractivity contribution in [2.45, 2.75) is 65.1 Å². The van der Waals surface area contributed by atoms with Gasteiger partial charge in [0.05, 0.1) is 6.61 Å². The van der Waals surface area contributed by atoms with Gasteiger partial charge in [-0.3, -0.25) is 0 Å². The highest BCUT2D eigenvalue weighted by atomic mass is 16.6. The Bertz CT molecular complexity index is 557. The van der Waals surface area contributed by atoms with Gasteiger partial charge in [0.1, 0.15) is 11.7 Å². The number of fused-ring (bicyclic) bond motifs is 1. The number of allylic oxidation sites excluding steroid dienone is 2. The number of hydrogen-bond acceptors (Lipinski definition) is 2. The molecule has 1 aliphatic heterocycles. The summed E-state index contributed by atoms with van der Waals surface area (Å²) < 4.78 is 5.65. The fourth-order valence-corrected chi connectivity index (χ4v) is 3.12. The van der Waals surface area contributed by atoms with Crippen LogP contribution in [0, 0.1) is 0 Å². The number of benzene rings is 1. The second-order valence-corrected chi connectivity index (χ2v) is 6.63. The molecule has 0 bridgehead atoms. The summed E-state index contributed by atoms with van der Waals surface area (Å²) in [6.07, 6.45) is 3.37. The quantitative estimate of drug-likeness (QED) is 0.818. The first kappa shape index (κ1) is 16.3. The first-order valence-electron chi connectivity index (χ1n) is 7.99. The van der Waals surface area contributed by atoms with Crippen molar-refractivity contribution in [3.63, 3.8) is 0 Å². The summed E-state index contributed by atoms with van der Waals surface area (Å²) >= 11 is 0. The predicted octanol–water partition coefficient (Wildman–Crippen LogP) is 4.40. The minimum Gasteiger partial charge on any atom is -0.394 e. The average molecular weight is 288 g/mol. The van der Waals surface area contributed by atoms with Crippen LogP contribution in [0.3, 0.4) is 0 Å². The van der Waals surface area contributed by atoms with Gasteiger partial charge < -0.3 is 9.84 Å². The molecule has 21 heavy (non-hydrogen) atoms. The van der Waals surface area contributed by atoms with E-state index in [9.17, 15) is 5.11 Å². The maximum Gasteiger partial charge on any atom is 0.119 e. The van der Waals surface area contributed by atoms with Crippen LogP contribution in [0.25, 0.3) is 5.57 Å². The summed E-state index contributed by atoms with van der Waals surface area (Å²) in [6, 6.07) is 6.65. The molecule has 0 saturated carbocycles. The molecule has 3 rings (SSSR count). The largest absolute Gasteiger partial charge is 0.394 e. The molecule has 0 aromatic heterocycles. The Morgan fingerprint density at radius 3 is 2.48 bits per heavy atom.